The Morgan fingerprint density at radius 1 is 1.04 bits per heavy atom. The van der Waals surface area contributed by atoms with Gasteiger partial charge < -0.3 is 14.8 Å². The minimum absolute atomic E-state index is 0.00888. The first-order chi connectivity index (χ1) is 12.1. The van der Waals surface area contributed by atoms with Crippen LogP contribution in [0.5, 0.6) is 11.5 Å². The second-order valence-corrected chi connectivity index (χ2v) is 6.65. The van der Waals surface area contributed by atoms with Gasteiger partial charge in [0, 0.05) is 24.6 Å². The zero-order valence-corrected chi connectivity index (χ0v) is 13.9. The standard InChI is InChI=1S/C20H20FNO3/c21-16-7-3-2-6-14(16)12-19(23)22-15-8-9-17-18(13-15)25-20(24-17)10-4-1-5-11-20/h2-3,6-9,13H,1,4-5,10-12H2,(H,22,23). The Labute approximate surface area is 146 Å². The zero-order chi connectivity index (χ0) is 17.3. The predicted molar refractivity (Wildman–Crippen MR) is 92.2 cm³/mol. The van der Waals surface area contributed by atoms with Crippen LogP contribution in [0.4, 0.5) is 10.1 Å². The summed E-state index contributed by atoms with van der Waals surface area (Å²) in [5.41, 5.74) is 0.999. The van der Waals surface area contributed by atoms with E-state index in [-0.39, 0.29) is 18.1 Å². The van der Waals surface area contributed by atoms with Crippen LogP contribution in [0, 0.1) is 5.82 Å². The van der Waals surface area contributed by atoms with E-state index in [1.165, 1.54) is 12.5 Å². The van der Waals surface area contributed by atoms with Gasteiger partial charge in [-0.05, 0) is 36.6 Å². The van der Waals surface area contributed by atoms with E-state index in [0.717, 1.165) is 25.7 Å². The third-order valence-corrected chi connectivity index (χ3v) is 4.74. The normalized spacial score (nSPS) is 17.5. The summed E-state index contributed by atoms with van der Waals surface area (Å²) in [5.74, 6) is 0.203. The number of hydrogen-bond acceptors (Lipinski definition) is 3. The van der Waals surface area contributed by atoms with Gasteiger partial charge in [0.2, 0.25) is 5.91 Å². The molecule has 1 aliphatic carbocycles. The molecule has 1 spiro atoms. The van der Waals surface area contributed by atoms with Gasteiger partial charge in [0.25, 0.3) is 5.79 Å². The third kappa shape index (κ3) is 3.31. The van der Waals surface area contributed by atoms with Crippen LogP contribution in [-0.2, 0) is 11.2 Å². The number of rotatable bonds is 3. The minimum Gasteiger partial charge on any atom is -0.448 e. The van der Waals surface area contributed by atoms with Gasteiger partial charge in [-0.1, -0.05) is 24.6 Å². The fourth-order valence-electron chi connectivity index (χ4n) is 3.49. The number of halogens is 1. The lowest BCUT2D eigenvalue weighted by molar-refractivity contribution is -0.115. The molecule has 0 unspecified atom stereocenters. The highest BCUT2D eigenvalue weighted by Gasteiger charge is 2.42. The van der Waals surface area contributed by atoms with Crippen molar-refractivity contribution < 1.29 is 18.7 Å². The van der Waals surface area contributed by atoms with Crippen molar-refractivity contribution in [2.45, 2.75) is 44.3 Å². The lowest BCUT2D eigenvalue weighted by atomic mass is 9.94. The van der Waals surface area contributed by atoms with E-state index >= 15 is 0 Å². The first-order valence-electron chi connectivity index (χ1n) is 8.69. The summed E-state index contributed by atoms with van der Waals surface area (Å²) in [6, 6.07) is 11.7. The van der Waals surface area contributed by atoms with Crippen LogP contribution in [0.2, 0.25) is 0 Å². The second-order valence-electron chi connectivity index (χ2n) is 6.65. The summed E-state index contributed by atoms with van der Waals surface area (Å²) in [5, 5.41) is 2.80. The summed E-state index contributed by atoms with van der Waals surface area (Å²) >= 11 is 0. The van der Waals surface area contributed by atoms with Gasteiger partial charge in [-0.3, -0.25) is 4.79 Å². The highest BCUT2D eigenvalue weighted by molar-refractivity contribution is 5.92. The van der Waals surface area contributed by atoms with Gasteiger partial charge in [0.1, 0.15) is 5.82 Å². The van der Waals surface area contributed by atoms with Crippen molar-refractivity contribution in [3.8, 4) is 11.5 Å². The molecule has 1 heterocycles. The van der Waals surface area contributed by atoms with Crippen LogP contribution in [0.15, 0.2) is 42.5 Å². The number of ether oxygens (including phenoxy) is 2. The van der Waals surface area contributed by atoms with E-state index < -0.39 is 5.79 Å². The van der Waals surface area contributed by atoms with Crippen molar-refractivity contribution in [3.05, 3.63) is 53.8 Å². The van der Waals surface area contributed by atoms with Crippen molar-refractivity contribution in [3.63, 3.8) is 0 Å². The Morgan fingerprint density at radius 3 is 2.60 bits per heavy atom. The lowest BCUT2D eigenvalue weighted by Gasteiger charge is -2.31. The number of carbonyl (C=O) groups is 1. The molecule has 2 aromatic rings. The lowest BCUT2D eigenvalue weighted by Crippen LogP contribution is -2.40. The van der Waals surface area contributed by atoms with Crippen LogP contribution < -0.4 is 14.8 Å². The third-order valence-electron chi connectivity index (χ3n) is 4.74. The molecule has 4 rings (SSSR count). The molecule has 2 aliphatic rings. The number of nitrogens with one attached hydrogen (secondary N) is 1. The van der Waals surface area contributed by atoms with Crippen LogP contribution in [0.1, 0.15) is 37.7 Å². The topological polar surface area (TPSA) is 47.6 Å². The Morgan fingerprint density at radius 2 is 1.80 bits per heavy atom. The number of carbonyl (C=O) groups excluding carboxylic acids is 1. The molecule has 0 bridgehead atoms. The maximum Gasteiger partial charge on any atom is 0.251 e. The molecule has 1 fully saturated rings. The van der Waals surface area contributed by atoms with Crippen molar-refractivity contribution in [2.75, 3.05) is 5.32 Å². The largest absolute Gasteiger partial charge is 0.448 e. The van der Waals surface area contributed by atoms with Gasteiger partial charge in [0.15, 0.2) is 11.5 Å². The number of hydrogen-bond donors (Lipinski definition) is 1. The number of fused-ring (bicyclic) bond motifs is 1. The summed E-state index contributed by atoms with van der Waals surface area (Å²) < 4.78 is 25.7. The molecule has 1 saturated carbocycles. The van der Waals surface area contributed by atoms with Gasteiger partial charge in [0.05, 0.1) is 6.42 Å². The minimum atomic E-state index is -0.531. The van der Waals surface area contributed by atoms with Crippen molar-refractivity contribution in [2.24, 2.45) is 0 Å². The Kier molecular flexibility index (Phi) is 4.07. The molecular weight excluding hydrogens is 321 g/mol. The molecule has 0 aromatic heterocycles. The zero-order valence-electron chi connectivity index (χ0n) is 13.9. The number of anilines is 1. The molecule has 0 atom stereocenters. The maximum atomic E-state index is 13.7. The van der Waals surface area contributed by atoms with E-state index in [9.17, 15) is 9.18 Å². The average molecular weight is 341 g/mol. The Hall–Kier alpha value is -2.56. The number of benzene rings is 2. The molecule has 4 nitrogen and oxygen atoms in total. The maximum absolute atomic E-state index is 13.7. The molecule has 0 radical (unpaired) electrons. The van der Waals surface area contributed by atoms with Gasteiger partial charge in [-0.2, -0.15) is 0 Å². The highest BCUT2D eigenvalue weighted by Crippen LogP contribution is 2.46. The van der Waals surface area contributed by atoms with E-state index in [0.29, 0.717) is 22.7 Å². The second kappa shape index (κ2) is 6.39. The van der Waals surface area contributed by atoms with Crippen molar-refractivity contribution in [1.29, 1.82) is 0 Å². The summed E-state index contributed by atoms with van der Waals surface area (Å²) in [6.07, 6.45) is 5.17. The van der Waals surface area contributed by atoms with Crippen molar-refractivity contribution >= 4 is 11.6 Å². The molecular formula is C20H20FNO3. The molecule has 2 aromatic carbocycles. The molecule has 1 amide bonds. The molecule has 25 heavy (non-hydrogen) atoms. The predicted octanol–water partition coefficient (Wildman–Crippen LogP) is 4.44. The molecule has 1 aliphatic heterocycles. The highest BCUT2D eigenvalue weighted by atomic mass is 19.1. The fourth-order valence-corrected chi connectivity index (χ4v) is 3.49. The molecule has 0 saturated heterocycles. The summed E-state index contributed by atoms with van der Waals surface area (Å²) in [6.45, 7) is 0. The number of amides is 1. The SMILES string of the molecule is O=C(Cc1ccccc1F)Nc1ccc2c(c1)OC1(CCCCC1)O2. The van der Waals surface area contributed by atoms with Crippen LogP contribution in [-0.4, -0.2) is 11.7 Å². The monoisotopic (exact) mass is 341 g/mol. The summed E-state index contributed by atoms with van der Waals surface area (Å²) in [7, 11) is 0. The average Bonchev–Trinajstić information content (AvgIpc) is 2.94. The van der Waals surface area contributed by atoms with Crippen LogP contribution in [0.3, 0.4) is 0 Å². The van der Waals surface area contributed by atoms with E-state index in [1.807, 2.05) is 6.07 Å². The first kappa shape index (κ1) is 15.9. The van der Waals surface area contributed by atoms with Crippen LogP contribution in [0.25, 0.3) is 0 Å². The van der Waals surface area contributed by atoms with E-state index in [1.54, 1.807) is 30.3 Å². The van der Waals surface area contributed by atoms with Gasteiger partial charge in [-0.15, -0.1) is 0 Å². The Balaban J connectivity index is 1.44. The van der Waals surface area contributed by atoms with E-state index in [4.69, 9.17) is 9.47 Å². The first-order valence-corrected chi connectivity index (χ1v) is 8.69. The van der Waals surface area contributed by atoms with Gasteiger partial charge in [-0.25, -0.2) is 4.39 Å². The fraction of sp³-hybridized carbons (Fsp3) is 0.350. The quantitative estimate of drug-likeness (QED) is 0.898. The van der Waals surface area contributed by atoms with Crippen molar-refractivity contribution in [1.82, 2.24) is 0 Å². The van der Waals surface area contributed by atoms with E-state index in [2.05, 4.69) is 5.32 Å². The molecule has 5 heteroatoms. The summed E-state index contributed by atoms with van der Waals surface area (Å²) in [4.78, 5) is 12.2. The molecule has 130 valence electrons. The van der Waals surface area contributed by atoms with Crippen LogP contribution >= 0.6 is 0 Å². The molecule has 1 N–H and O–H groups in total. The van der Waals surface area contributed by atoms with Gasteiger partial charge >= 0.3 is 0 Å². The Bertz CT molecular complexity index is 799. The smallest absolute Gasteiger partial charge is 0.251 e.